The molecule has 0 bridgehead atoms. The quantitative estimate of drug-likeness (QED) is 0.0200. The average molecular weight is 629 g/mol. The highest BCUT2D eigenvalue weighted by atomic mass is 31.2. The molecule has 0 spiro atoms. The van der Waals surface area contributed by atoms with E-state index in [0.29, 0.717) is 30.5 Å². The van der Waals surface area contributed by atoms with Crippen LogP contribution < -0.4 is 0 Å². The summed E-state index contributed by atoms with van der Waals surface area (Å²) in [6.45, 7) is 2.78. The van der Waals surface area contributed by atoms with E-state index in [4.69, 9.17) is 28.3 Å². The summed E-state index contributed by atoms with van der Waals surface area (Å²) in [7, 11) is 4.78. The molecule has 0 amide bonds. The van der Waals surface area contributed by atoms with Crippen molar-refractivity contribution in [2.75, 3.05) is 61.7 Å². The molecule has 0 saturated carbocycles. The van der Waals surface area contributed by atoms with Crippen molar-refractivity contribution in [2.24, 2.45) is 0 Å². The number of aliphatic hydroxyl groups is 1. The average Bonchev–Trinajstić information content (AvgIpc) is 2.93. The van der Waals surface area contributed by atoms with Crippen LogP contribution >= 0.6 is 7.82 Å². The van der Waals surface area contributed by atoms with Crippen LogP contribution in [-0.2, 0) is 32.9 Å². The fourth-order valence-electron chi connectivity index (χ4n) is 4.63. The number of quaternary nitrogens is 1. The van der Waals surface area contributed by atoms with E-state index >= 15 is 0 Å². The smallest absolute Gasteiger partial charge is 0.393 e. The van der Waals surface area contributed by atoms with Crippen LogP contribution in [0.5, 0.6) is 0 Å². The van der Waals surface area contributed by atoms with Crippen LogP contribution in [0.3, 0.4) is 0 Å². The maximum Gasteiger partial charge on any atom is 0.472 e. The summed E-state index contributed by atoms with van der Waals surface area (Å²) in [5, 5.41) is 10.00. The van der Waals surface area contributed by atoms with E-state index in [2.05, 4.69) is 6.92 Å². The summed E-state index contributed by atoms with van der Waals surface area (Å²) >= 11 is 0. The Labute approximate surface area is 257 Å². The first-order chi connectivity index (χ1) is 20.1. The molecular weight excluding hydrogens is 561 g/mol. The van der Waals surface area contributed by atoms with Crippen LogP contribution in [0.25, 0.3) is 0 Å². The lowest BCUT2D eigenvalue weighted by Crippen LogP contribution is -2.38. The van der Waals surface area contributed by atoms with Gasteiger partial charge in [-0.05, 0) is 25.7 Å². The lowest BCUT2D eigenvalue weighted by atomic mass is 10.0. The van der Waals surface area contributed by atoms with E-state index in [9.17, 15) is 14.6 Å². The standard InChI is InChI=1S/C31H66NO9P/c1-7-8-9-10-11-12-13-14-15-16-17-18-19-20-23-29(41-42(34,35)39-27-25-32(2,3)4)30(28-33)40-38-26-22-21-24-31(36-5)37-6/h29-31,33H,7-28H2,1-6H3/p+1/t29?,30-/m0/s1. The van der Waals surface area contributed by atoms with Gasteiger partial charge in [0.2, 0.25) is 0 Å². The molecule has 10 nitrogen and oxygen atoms in total. The van der Waals surface area contributed by atoms with Gasteiger partial charge in [-0.2, -0.15) is 0 Å². The van der Waals surface area contributed by atoms with Gasteiger partial charge in [0.05, 0.1) is 34.4 Å². The highest BCUT2D eigenvalue weighted by Gasteiger charge is 2.33. The monoisotopic (exact) mass is 628 g/mol. The molecule has 0 aliphatic heterocycles. The van der Waals surface area contributed by atoms with E-state index in [1.165, 1.54) is 70.6 Å². The summed E-state index contributed by atoms with van der Waals surface area (Å²) in [6, 6.07) is 0. The minimum Gasteiger partial charge on any atom is -0.393 e. The number of ether oxygens (including phenoxy) is 2. The molecule has 11 heteroatoms. The first kappa shape index (κ1) is 41.9. The molecule has 42 heavy (non-hydrogen) atoms. The molecule has 0 aromatic rings. The van der Waals surface area contributed by atoms with Gasteiger partial charge in [-0.15, -0.1) is 0 Å². The number of methoxy groups -OCH3 is 2. The van der Waals surface area contributed by atoms with Crippen molar-refractivity contribution >= 4 is 7.82 Å². The van der Waals surface area contributed by atoms with E-state index in [1.807, 2.05) is 21.1 Å². The van der Waals surface area contributed by atoms with Gasteiger partial charge in [-0.1, -0.05) is 96.8 Å². The number of hydrogen-bond donors (Lipinski definition) is 2. The van der Waals surface area contributed by atoms with Crippen molar-refractivity contribution in [1.82, 2.24) is 0 Å². The number of phosphoric ester groups is 1. The van der Waals surface area contributed by atoms with Gasteiger partial charge in [0.15, 0.2) is 6.29 Å². The Kier molecular flexibility index (Phi) is 27.1. The van der Waals surface area contributed by atoms with Gasteiger partial charge in [0.1, 0.15) is 25.4 Å². The number of unbranched alkanes of at least 4 members (excludes halogenated alkanes) is 14. The summed E-state index contributed by atoms with van der Waals surface area (Å²) in [5.74, 6) is 0. The minimum atomic E-state index is -4.34. The van der Waals surface area contributed by atoms with Crippen molar-refractivity contribution in [2.45, 2.75) is 141 Å². The van der Waals surface area contributed by atoms with E-state index < -0.39 is 26.6 Å². The highest BCUT2D eigenvalue weighted by molar-refractivity contribution is 7.47. The third kappa shape index (κ3) is 26.3. The van der Waals surface area contributed by atoms with Gasteiger partial charge in [-0.3, -0.25) is 9.05 Å². The zero-order valence-electron chi connectivity index (χ0n) is 27.9. The topological polar surface area (TPSA) is 113 Å². The third-order valence-electron chi connectivity index (χ3n) is 7.36. The van der Waals surface area contributed by atoms with Crippen LogP contribution in [0.2, 0.25) is 0 Å². The predicted molar refractivity (Wildman–Crippen MR) is 168 cm³/mol. The Hall–Kier alpha value is -0.130. The molecule has 0 aliphatic rings. The normalized spacial score (nSPS) is 15.3. The second-order valence-corrected chi connectivity index (χ2v) is 13.8. The molecule has 0 rings (SSSR count). The van der Waals surface area contributed by atoms with Gasteiger partial charge in [0, 0.05) is 14.2 Å². The maximum atomic E-state index is 12.7. The molecule has 2 N–H and O–H groups in total. The Morgan fingerprint density at radius 3 is 1.67 bits per heavy atom. The van der Waals surface area contributed by atoms with Crippen molar-refractivity contribution in [3.63, 3.8) is 0 Å². The van der Waals surface area contributed by atoms with Gasteiger partial charge >= 0.3 is 7.82 Å². The van der Waals surface area contributed by atoms with Crippen LogP contribution in [0.1, 0.15) is 122 Å². The van der Waals surface area contributed by atoms with Crippen LogP contribution in [0.4, 0.5) is 0 Å². The van der Waals surface area contributed by atoms with Crippen LogP contribution in [0, 0.1) is 0 Å². The fraction of sp³-hybridized carbons (Fsp3) is 1.00. The van der Waals surface area contributed by atoms with Gasteiger partial charge < -0.3 is 24.0 Å². The fourth-order valence-corrected chi connectivity index (χ4v) is 5.58. The molecule has 0 aromatic heterocycles. The number of rotatable bonds is 32. The number of aliphatic hydroxyl groups excluding tert-OH is 1. The number of phosphoric acid groups is 1. The lowest BCUT2D eigenvalue weighted by molar-refractivity contribution is -0.870. The minimum absolute atomic E-state index is 0.0773. The second-order valence-electron chi connectivity index (χ2n) is 12.4. The summed E-state index contributed by atoms with van der Waals surface area (Å²) < 4.78 is 34.4. The van der Waals surface area contributed by atoms with Crippen molar-refractivity contribution in [3.05, 3.63) is 0 Å². The zero-order valence-corrected chi connectivity index (χ0v) is 28.8. The lowest BCUT2D eigenvalue weighted by Gasteiger charge is -2.27. The number of likely N-dealkylation sites (N-methyl/N-ethyl adjacent to an activating group) is 1. The van der Waals surface area contributed by atoms with E-state index in [1.54, 1.807) is 14.2 Å². The van der Waals surface area contributed by atoms with Gasteiger partial charge in [0.25, 0.3) is 0 Å². The molecule has 0 radical (unpaired) electrons. The molecule has 0 aromatic carbocycles. The first-order valence-corrected chi connectivity index (χ1v) is 18.0. The Morgan fingerprint density at radius 2 is 1.19 bits per heavy atom. The molecule has 254 valence electrons. The van der Waals surface area contributed by atoms with Gasteiger partial charge in [-0.25, -0.2) is 14.3 Å². The summed E-state index contributed by atoms with van der Waals surface area (Å²) in [4.78, 5) is 21.2. The summed E-state index contributed by atoms with van der Waals surface area (Å²) in [6.07, 6.45) is 18.1. The molecule has 0 heterocycles. The Balaban J connectivity index is 4.52. The van der Waals surface area contributed by atoms with E-state index in [0.717, 1.165) is 32.1 Å². The molecule has 0 saturated heterocycles. The first-order valence-electron chi connectivity index (χ1n) is 16.5. The van der Waals surface area contributed by atoms with Crippen LogP contribution in [-0.4, -0.2) is 94.7 Å². The second kappa shape index (κ2) is 27.2. The predicted octanol–water partition coefficient (Wildman–Crippen LogP) is 7.16. The maximum absolute atomic E-state index is 12.7. The Bertz CT molecular complexity index is 632. The molecule has 0 aliphatic carbocycles. The molecule has 2 unspecified atom stereocenters. The largest absolute Gasteiger partial charge is 0.472 e. The number of nitrogens with zero attached hydrogens (tertiary/aromatic N) is 1. The molecular formula is C31H67NO9P+. The zero-order chi connectivity index (χ0) is 31.5. The Morgan fingerprint density at radius 1 is 0.690 bits per heavy atom. The van der Waals surface area contributed by atoms with Crippen molar-refractivity contribution in [3.8, 4) is 0 Å². The highest BCUT2D eigenvalue weighted by Crippen LogP contribution is 2.46. The molecule has 3 atom stereocenters. The third-order valence-corrected chi connectivity index (χ3v) is 8.40. The van der Waals surface area contributed by atoms with Crippen molar-refractivity contribution in [1.29, 1.82) is 0 Å². The molecule has 0 fully saturated rings. The van der Waals surface area contributed by atoms with Crippen LogP contribution in [0.15, 0.2) is 0 Å². The summed E-state index contributed by atoms with van der Waals surface area (Å²) in [5.41, 5.74) is 0. The van der Waals surface area contributed by atoms with E-state index in [-0.39, 0.29) is 12.9 Å². The SMILES string of the molecule is CCCCCCCCCCCCCCCCC(OP(=O)(O)OCC[N+](C)(C)C)[C@H](CO)OOCCCCC(OC)OC. The number of hydrogen-bond acceptors (Lipinski definition) is 8. The van der Waals surface area contributed by atoms with Crippen molar-refractivity contribution < 1.29 is 47.3 Å².